The van der Waals surface area contributed by atoms with E-state index >= 15 is 0 Å². The predicted molar refractivity (Wildman–Crippen MR) is 81.4 cm³/mol. The summed E-state index contributed by atoms with van der Waals surface area (Å²) in [7, 11) is 4.03. The molecule has 2 aromatic rings. The predicted octanol–water partition coefficient (Wildman–Crippen LogP) is 2.96. The smallest absolute Gasteiger partial charge is 0.0711 e. The molecule has 0 aromatic heterocycles. The molecule has 0 radical (unpaired) electrons. The molecule has 0 fully saturated rings. The highest BCUT2D eigenvalue weighted by Gasteiger charge is 2.13. The summed E-state index contributed by atoms with van der Waals surface area (Å²) in [5.41, 5.74) is 6.14. The Labute approximate surface area is 119 Å². The van der Waals surface area contributed by atoms with Crippen molar-refractivity contribution in [2.75, 3.05) is 19.0 Å². The van der Waals surface area contributed by atoms with Crippen molar-refractivity contribution in [1.29, 1.82) is 0 Å². The second kappa shape index (κ2) is 6.06. The molecule has 2 aromatic carbocycles. The molecule has 19 heavy (non-hydrogen) atoms. The lowest BCUT2D eigenvalue weighted by Crippen LogP contribution is -2.29. The van der Waals surface area contributed by atoms with E-state index in [4.69, 9.17) is 17.4 Å². The minimum absolute atomic E-state index is 0.0707. The van der Waals surface area contributed by atoms with E-state index in [2.05, 4.69) is 28.5 Å². The van der Waals surface area contributed by atoms with Crippen LogP contribution in [0.4, 0.5) is 5.69 Å². The molecule has 0 aliphatic heterocycles. The molecule has 1 atom stereocenters. The molecule has 0 saturated carbocycles. The summed E-state index contributed by atoms with van der Waals surface area (Å²) in [6, 6.07) is 15.9. The number of nitrogens with zero attached hydrogens (tertiary/aromatic N) is 1. The number of anilines is 1. The summed E-state index contributed by atoms with van der Waals surface area (Å²) in [5.74, 6) is 5.71. The van der Waals surface area contributed by atoms with E-state index in [1.807, 2.05) is 44.4 Å². The minimum Gasteiger partial charge on any atom is -0.378 e. The number of rotatable bonds is 4. The van der Waals surface area contributed by atoms with Gasteiger partial charge in [0.15, 0.2) is 0 Å². The van der Waals surface area contributed by atoms with Crippen LogP contribution < -0.4 is 16.2 Å². The van der Waals surface area contributed by atoms with Gasteiger partial charge in [0.25, 0.3) is 0 Å². The SMILES string of the molecule is CN(C)c1cccc(C(NN)c2cccc(Cl)c2)c1. The van der Waals surface area contributed by atoms with Crippen LogP contribution in [-0.2, 0) is 0 Å². The average molecular weight is 276 g/mol. The third-order valence-corrected chi connectivity index (χ3v) is 3.30. The first-order valence-electron chi connectivity index (χ1n) is 6.10. The molecule has 0 bridgehead atoms. The minimum atomic E-state index is -0.0707. The summed E-state index contributed by atoms with van der Waals surface area (Å²) in [6.45, 7) is 0. The van der Waals surface area contributed by atoms with Crippen molar-refractivity contribution in [3.05, 3.63) is 64.7 Å². The van der Waals surface area contributed by atoms with Gasteiger partial charge in [-0.2, -0.15) is 0 Å². The molecule has 3 nitrogen and oxygen atoms in total. The van der Waals surface area contributed by atoms with E-state index in [0.717, 1.165) is 16.8 Å². The molecule has 1 unspecified atom stereocenters. The van der Waals surface area contributed by atoms with Gasteiger partial charge in [-0.25, -0.2) is 5.43 Å². The summed E-state index contributed by atoms with van der Waals surface area (Å²) in [6.07, 6.45) is 0. The summed E-state index contributed by atoms with van der Waals surface area (Å²) < 4.78 is 0. The van der Waals surface area contributed by atoms with Crippen molar-refractivity contribution in [2.45, 2.75) is 6.04 Å². The van der Waals surface area contributed by atoms with Crippen molar-refractivity contribution < 1.29 is 0 Å². The van der Waals surface area contributed by atoms with Gasteiger partial charge in [-0.05, 0) is 35.4 Å². The zero-order valence-corrected chi connectivity index (χ0v) is 11.9. The Morgan fingerprint density at radius 3 is 2.26 bits per heavy atom. The van der Waals surface area contributed by atoms with E-state index in [-0.39, 0.29) is 6.04 Å². The van der Waals surface area contributed by atoms with Crippen LogP contribution in [0.5, 0.6) is 0 Å². The van der Waals surface area contributed by atoms with Gasteiger partial charge in [-0.15, -0.1) is 0 Å². The fourth-order valence-corrected chi connectivity index (χ4v) is 2.25. The number of hydrazine groups is 1. The Balaban J connectivity index is 2.39. The van der Waals surface area contributed by atoms with Crippen molar-refractivity contribution in [3.63, 3.8) is 0 Å². The first kappa shape index (κ1) is 13.9. The Morgan fingerprint density at radius 2 is 1.68 bits per heavy atom. The van der Waals surface area contributed by atoms with Gasteiger partial charge in [-0.1, -0.05) is 35.9 Å². The second-order valence-electron chi connectivity index (χ2n) is 4.64. The first-order chi connectivity index (χ1) is 9.11. The highest BCUT2D eigenvalue weighted by Crippen LogP contribution is 2.26. The number of nitrogens with two attached hydrogens (primary N) is 1. The number of hydrogen-bond donors (Lipinski definition) is 2. The monoisotopic (exact) mass is 275 g/mol. The van der Waals surface area contributed by atoms with Gasteiger partial charge < -0.3 is 4.90 Å². The maximum atomic E-state index is 6.04. The zero-order valence-electron chi connectivity index (χ0n) is 11.1. The van der Waals surface area contributed by atoms with Crippen LogP contribution in [0.25, 0.3) is 0 Å². The molecule has 3 N–H and O–H groups in total. The molecular weight excluding hydrogens is 258 g/mol. The van der Waals surface area contributed by atoms with Gasteiger partial charge in [0.05, 0.1) is 6.04 Å². The molecule has 0 aliphatic rings. The lowest BCUT2D eigenvalue weighted by Gasteiger charge is -2.20. The van der Waals surface area contributed by atoms with Crippen molar-refractivity contribution in [1.82, 2.24) is 5.43 Å². The Morgan fingerprint density at radius 1 is 1.05 bits per heavy atom. The van der Waals surface area contributed by atoms with Crippen LogP contribution in [0.2, 0.25) is 5.02 Å². The van der Waals surface area contributed by atoms with Gasteiger partial charge in [-0.3, -0.25) is 5.84 Å². The lowest BCUT2D eigenvalue weighted by molar-refractivity contribution is 0.637. The van der Waals surface area contributed by atoms with Gasteiger partial charge >= 0.3 is 0 Å². The third-order valence-electron chi connectivity index (χ3n) is 3.07. The van der Waals surface area contributed by atoms with Crippen LogP contribution in [0.15, 0.2) is 48.5 Å². The summed E-state index contributed by atoms with van der Waals surface area (Å²) in [4.78, 5) is 2.06. The maximum Gasteiger partial charge on any atom is 0.0711 e. The van der Waals surface area contributed by atoms with E-state index < -0.39 is 0 Å². The van der Waals surface area contributed by atoms with Crippen molar-refractivity contribution >= 4 is 17.3 Å². The highest BCUT2D eigenvalue weighted by molar-refractivity contribution is 6.30. The zero-order chi connectivity index (χ0) is 13.8. The van der Waals surface area contributed by atoms with E-state index in [9.17, 15) is 0 Å². The lowest BCUT2D eigenvalue weighted by atomic mass is 9.99. The van der Waals surface area contributed by atoms with Gasteiger partial charge in [0, 0.05) is 24.8 Å². The van der Waals surface area contributed by atoms with E-state index in [1.165, 1.54) is 0 Å². The fourth-order valence-electron chi connectivity index (χ4n) is 2.05. The molecule has 2 rings (SSSR count). The van der Waals surface area contributed by atoms with Crippen LogP contribution in [0, 0.1) is 0 Å². The van der Waals surface area contributed by atoms with Crippen molar-refractivity contribution in [3.8, 4) is 0 Å². The van der Waals surface area contributed by atoms with E-state index in [0.29, 0.717) is 5.02 Å². The standard InChI is InChI=1S/C15H18ClN3/c1-19(2)14-8-4-6-12(10-14)15(18-17)11-5-3-7-13(16)9-11/h3-10,15,18H,17H2,1-2H3. The summed E-state index contributed by atoms with van der Waals surface area (Å²) >= 11 is 6.04. The molecule has 0 heterocycles. The topological polar surface area (TPSA) is 41.3 Å². The van der Waals surface area contributed by atoms with Crippen molar-refractivity contribution in [2.24, 2.45) is 5.84 Å². The van der Waals surface area contributed by atoms with Crippen LogP contribution in [0.1, 0.15) is 17.2 Å². The van der Waals surface area contributed by atoms with Crippen LogP contribution in [0.3, 0.4) is 0 Å². The highest BCUT2D eigenvalue weighted by atomic mass is 35.5. The number of nitrogens with one attached hydrogen (secondary N) is 1. The maximum absolute atomic E-state index is 6.04. The largest absolute Gasteiger partial charge is 0.378 e. The molecule has 0 spiro atoms. The fraction of sp³-hybridized carbons (Fsp3) is 0.200. The normalized spacial score (nSPS) is 12.2. The average Bonchev–Trinajstić information content (AvgIpc) is 2.40. The molecular formula is C15H18ClN3. The molecule has 0 amide bonds. The van der Waals surface area contributed by atoms with Gasteiger partial charge in [0.1, 0.15) is 0 Å². The Bertz CT molecular complexity index is 555. The molecule has 4 heteroatoms. The molecule has 100 valence electrons. The second-order valence-corrected chi connectivity index (χ2v) is 5.08. The molecule has 0 aliphatic carbocycles. The molecule has 0 saturated heterocycles. The van der Waals surface area contributed by atoms with Gasteiger partial charge in [0.2, 0.25) is 0 Å². The third kappa shape index (κ3) is 3.26. The number of benzene rings is 2. The summed E-state index contributed by atoms with van der Waals surface area (Å²) in [5, 5.41) is 0.710. The quantitative estimate of drug-likeness (QED) is 0.666. The Hall–Kier alpha value is -1.55. The first-order valence-corrected chi connectivity index (χ1v) is 6.48. The van der Waals surface area contributed by atoms with Crippen LogP contribution in [-0.4, -0.2) is 14.1 Å². The number of hydrogen-bond acceptors (Lipinski definition) is 3. The Kier molecular flexibility index (Phi) is 4.43. The van der Waals surface area contributed by atoms with Crippen LogP contribution >= 0.6 is 11.6 Å². The number of halogens is 1. The van der Waals surface area contributed by atoms with E-state index in [1.54, 1.807) is 0 Å².